The Morgan fingerprint density at radius 1 is 1.00 bits per heavy atom. The Hall–Kier alpha value is -3.19. The zero-order chi connectivity index (χ0) is 24.2. The summed E-state index contributed by atoms with van der Waals surface area (Å²) in [5.41, 5.74) is 3.79. The fourth-order valence-corrected chi connectivity index (χ4v) is 5.49. The summed E-state index contributed by atoms with van der Waals surface area (Å²) in [5.74, 6) is 0.847. The standard InChI is InChI=1S/C28H34N4O3/c1-35-25-8-6-24(7-9-25)28(34)32-15-11-22(12-16-32)21-2-4-23(5-3-21)27(33)30-19-20-10-14-31-17-13-29-26(31)18-20/h2-5,10,13-14,17-18,22,24-25H,6-9,11-12,15-16,19H2,1H3,(H,30,33). The molecule has 2 fully saturated rings. The van der Waals surface area contributed by atoms with Crippen LogP contribution in [-0.2, 0) is 16.1 Å². The van der Waals surface area contributed by atoms with Gasteiger partial charge in [0.05, 0.1) is 6.10 Å². The molecule has 184 valence electrons. The van der Waals surface area contributed by atoms with Crippen LogP contribution in [0.15, 0.2) is 55.0 Å². The lowest BCUT2D eigenvalue weighted by Gasteiger charge is -2.36. The number of pyridine rings is 1. The number of aromatic nitrogens is 2. The second-order valence-corrected chi connectivity index (χ2v) is 9.84. The van der Waals surface area contributed by atoms with E-state index in [9.17, 15) is 9.59 Å². The van der Waals surface area contributed by atoms with Crippen molar-refractivity contribution in [3.8, 4) is 0 Å². The van der Waals surface area contributed by atoms with Gasteiger partial charge >= 0.3 is 0 Å². The van der Waals surface area contributed by atoms with Gasteiger partial charge in [-0.1, -0.05) is 12.1 Å². The number of benzene rings is 1. The maximum Gasteiger partial charge on any atom is 0.251 e. The number of rotatable bonds is 6. The number of imidazole rings is 1. The molecule has 1 aromatic carbocycles. The Labute approximate surface area is 206 Å². The number of nitrogens with one attached hydrogen (secondary N) is 1. The van der Waals surface area contributed by atoms with Gasteiger partial charge < -0.3 is 19.4 Å². The van der Waals surface area contributed by atoms with Crippen molar-refractivity contribution >= 4 is 17.5 Å². The second kappa shape index (κ2) is 10.6. The molecular weight excluding hydrogens is 440 g/mol. The second-order valence-electron chi connectivity index (χ2n) is 9.84. The Morgan fingerprint density at radius 3 is 2.46 bits per heavy atom. The van der Waals surface area contributed by atoms with Gasteiger partial charge in [-0.3, -0.25) is 9.59 Å². The van der Waals surface area contributed by atoms with Gasteiger partial charge in [0.2, 0.25) is 5.91 Å². The average Bonchev–Trinajstić information content (AvgIpc) is 3.39. The van der Waals surface area contributed by atoms with Crippen LogP contribution in [0.2, 0.25) is 0 Å². The minimum Gasteiger partial charge on any atom is -0.381 e. The van der Waals surface area contributed by atoms with Gasteiger partial charge in [0, 0.05) is 56.8 Å². The molecule has 3 heterocycles. The largest absolute Gasteiger partial charge is 0.381 e. The highest BCUT2D eigenvalue weighted by molar-refractivity contribution is 5.94. The Balaban J connectivity index is 1.10. The van der Waals surface area contributed by atoms with Crippen LogP contribution in [0, 0.1) is 5.92 Å². The minimum absolute atomic E-state index is 0.0802. The summed E-state index contributed by atoms with van der Waals surface area (Å²) in [6.07, 6.45) is 11.7. The lowest BCUT2D eigenvalue weighted by molar-refractivity contribution is -0.138. The molecule has 2 aromatic heterocycles. The summed E-state index contributed by atoms with van der Waals surface area (Å²) in [4.78, 5) is 32.0. The molecule has 0 unspecified atom stereocenters. The number of hydrogen-bond donors (Lipinski definition) is 1. The van der Waals surface area contributed by atoms with Crippen LogP contribution < -0.4 is 5.32 Å². The van der Waals surface area contributed by atoms with Gasteiger partial charge in [-0.15, -0.1) is 0 Å². The first-order valence-electron chi connectivity index (χ1n) is 12.7. The summed E-state index contributed by atoms with van der Waals surface area (Å²) in [6, 6.07) is 11.9. The number of ether oxygens (including phenoxy) is 1. The third-order valence-electron chi connectivity index (χ3n) is 7.72. The van der Waals surface area contributed by atoms with Crippen LogP contribution in [0.25, 0.3) is 5.65 Å². The fourth-order valence-electron chi connectivity index (χ4n) is 5.49. The molecule has 7 heteroatoms. The van der Waals surface area contributed by atoms with Crippen molar-refractivity contribution in [1.82, 2.24) is 19.6 Å². The molecule has 35 heavy (non-hydrogen) atoms. The first-order chi connectivity index (χ1) is 17.1. The van der Waals surface area contributed by atoms with Crippen molar-refractivity contribution < 1.29 is 14.3 Å². The molecule has 0 atom stereocenters. The van der Waals surface area contributed by atoms with Crippen LogP contribution >= 0.6 is 0 Å². The average molecular weight is 475 g/mol. The van der Waals surface area contributed by atoms with E-state index < -0.39 is 0 Å². The maximum atomic E-state index is 13.0. The molecule has 3 aromatic rings. The summed E-state index contributed by atoms with van der Waals surface area (Å²) >= 11 is 0. The number of piperidine rings is 1. The lowest BCUT2D eigenvalue weighted by atomic mass is 9.84. The molecule has 1 saturated carbocycles. The monoisotopic (exact) mass is 474 g/mol. The highest BCUT2D eigenvalue weighted by Crippen LogP contribution is 2.32. The third-order valence-corrected chi connectivity index (χ3v) is 7.72. The quantitative estimate of drug-likeness (QED) is 0.582. The van der Waals surface area contributed by atoms with Gasteiger partial charge in [0.15, 0.2) is 0 Å². The Kier molecular flexibility index (Phi) is 7.13. The van der Waals surface area contributed by atoms with E-state index in [4.69, 9.17) is 4.74 Å². The number of hydrogen-bond acceptors (Lipinski definition) is 4. The molecule has 1 N–H and O–H groups in total. The van der Waals surface area contributed by atoms with Crippen molar-refractivity contribution in [1.29, 1.82) is 0 Å². The van der Waals surface area contributed by atoms with Crippen LogP contribution in [0.5, 0.6) is 0 Å². The van der Waals surface area contributed by atoms with Gasteiger partial charge in [-0.05, 0) is 79.8 Å². The highest BCUT2D eigenvalue weighted by atomic mass is 16.5. The normalized spacial score (nSPS) is 21.2. The van der Waals surface area contributed by atoms with E-state index in [1.54, 1.807) is 13.3 Å². The number of likely N-dealkylation sites (tertiary alicyclic amines) is 1. The maximum absolute atomic E-state index is 13.0. The van der Waals surface area contributed by atoms with Crippen LogP contribution in [-0.4, -0.2) is 52.4 Å². The lowest BCUT2D eigenvalue weighted by Crippen LogP contribution is -2.42. The smallest absolute Gasteiger partial charge is 0.251 e. The summed E-state index contributed by atoms with van der Waals surface area (Å²) in [6.45, 7) is 2.09. The number of amides is 2. The van der Waals surface area contributed by atoms with Crippen molar-refractivity contribution in [2.24, 2.45) is 5.92 Å². The van der Waals surface area contributed by atoms with E-state index in [1.165, 1.54) is 5.56 Å². The summed E-state index contributed by atoms with van der Waals surface area (Å²) in [5, 5.41) is 3.00. The van der Waals surface area contributed by atoms with Gasteiger partial charge in [0.1, 0.15) is 5.65 Å². The SMILES string of the molecule is COC1CCC(C(=O)N2CCC(c3ccc(C(=O)NCc4ccn5ccnc5c4)cc3)CC2)CC1. The predicted octanol–water partition coefficient (Wildman–Crippen LogP) is 4.18. The van der Waals surface area contributed by atoms with E-state index in [0.29, 0.717) is 30.0 Å². The molecule has 0 radical (unpaired) electrons. The van der Waals surface area contributed by atoms with Crippen molar-refractivity contribution in [2.75, 3.05) is 20.2 Å². The zero-order valence-corrected chi connectivity index (χ0v) is 20.4. The topological polar surface area (TPSA) is 75.9 Å². The Morgan fingerprint density at radius 2 is 1.74 bits per heavy atom. The third kappa shape index (κ3) is 5.40. The molecule has 2 amide bonds. The van der Waals surface area contributed by atoms with Crippen LogP contribution in [0.4, 0.5) is 0 Å². The van der Waals surface area contributed by atoms with E-state index in [1.807, 2.05) is 41.1 Å². The van der Waals surface area contributed by atoms with Crippen molar-refractivity contribution in [2.45, 2.75) is 57.1 Å². The number of carbonyl (C=O) groups excluding carboxylic acids is 2. The number of nitrogens with zero attached hydrogens (tertiary/aromatic N) is 3. The van der Waals surface area contributed by atoms with Crippen molar-refractivity contribution in [3.63, 3.8) is 0 Å². The van der Waals surface area contributed by atoms with Crippen LogP contribution in [0.3, 0.4) is 0 Å². The molecule has 1 aliphatic carbocycles. The Bertz CT molecular complexity index is 1160. The van der Waals surface area contributed by atoms with Crippen molar-refractivity contribution in [3.05, 3.63) is 71.7 Å². The van der Waals surface area contributed by atoms with E-state index in [0.717, 1.165) is 62.8 Å². The van der Waals surface area contributed by atoms with Gasteiger partial charge in [-0.2, -0.15) is 0 Å². The van der Waals surface area contributed by atoms with Crippen LogP contribution in [0.1, 0.15) is 65.9 Å². The first kappa shape index (κ1) is 23.5. The molecule has 1 saturated heterocycles. The van der Waals surface area contributed by atoms with E-state index >= 15 is 0 Å². The molecule has 2 aliphatic rings. The van der Waals surface area contributed by atoms with E-state index in [2.05, 4.69) is 27.3 Å². The zero-order valence-electron chi connectivity index (χ0n) is 20.4. The fraction of sp³-hybridized carbons (Fsp3) is 0.464. The minimum atomic E-state index is -0.0802. The predicted molar refractivity (Wildman–Crippen MR) is 134 cm³/mol. The molecule has 5 rings (SSSR count). The molecule has 1 aliphatic heterocycles. The van der Waals surface area contributed by atoms with E-state index in [-0.39, 0.29) is 11.8 Å². The highest BCUT2D eigenvalue weighted by Gasteiger charge is 2.31. The number of fused-ring (bicyclic) bond motifs is 1. The van der Waals surface area contributed by atoms with Gasteiger partial charge in [-0.25, -0.2) is 4.98 Å². The van der Waals surface area contributed by atoms with Gasteiger partial charge in [0.25, 0.3) is 5.91 Å². The summed E-state index contributed by atoms with van der Waals surface area (Å²) in [7, 11) is 1.76. The number of methoxy groups -OCH3 is 1. The molecule has 0 spiro atoms. The molecule has 7 nitrogen and oxygen atoms in total. The summed E-state index contributed by atoms with van der Waals surface area (Å²) < 4.78 is 7.38. The molecular formula is C28H34N4O3. The number of carbonyl (C=O) groups is 2. The first-order valence-corrected chi connectivity index (χ1v) is 12.7. The molecule has 0 bridgehead atoms.